The third-order valence-corrected chi connectivity index (χ3v) is 2.84. The summed E-state index contributed by atoms with van der Waals surface area (Å²) in [5.74, 6) is 0. The van der Waals surface area contributed by atoms with Crippen molar-refractivity contribution in [3.63, 3.8) is 0 Å². The molecule has 1 nitrogen and oxygen atoms in total. The second-order valence-electron chi connectivity index (χ2n) is 4.81. The standard InChI is InChI=1S/C12H18ClN.ClH/c1-8-6-5-7-9(13)10(8)11(14)12(2,3)4;/h5-7,11H,14H2,1-4H3;1H/t11-;/m0./s1. The number of aryl methyl sites for hydroxylation is 1. The highest BCUT2D eigenvalue weighted by molar-refractivity contribution is 6.31. The van der Waals surface area contributed by atoms with Crippen LogP contribution in [-0.2, 0) is 0 Å². The Morgan fingerprint density at radius 2 is 1.80 bits per heavy atom. The highest BCUT2D eigenvalue weighted by Crippen LogP contribution is 2.35. The minimum atomic E-state index is -0.0174. The van der Waals surface area contributed by atoms with E-state index in [0.29, 0.717) is 0 Å². The van der Waals surface area contributed by atoms with Crippen molar-refractivity contribution in [3.05, 3.63) is 34.3 Å². The third-order valence-electron chi connectivity index (χ3n) is 2.51. The Hall–Kier alpha value is -0.240. The second-order valence-corrected chi connectivity index (χ2v) is 5.22. The summed E-state index contributed by atoms with van der Waals surface area (Å²) in [6, 6.07) is 5.88. The van der Waals surface area contributed by atoms with Crippen LogP contribution in [0.4, 0.5) is 0 Å². The van der Waals surface area contributed by atoms with Crippen LogP contribution in [0.2, 0.25) is 5.02 Å². The topological polar surface area (TPSA) is 26.0 Å². The van der Waals surface area contributed by atoms with Gasteiger partial charge in [-0.2, -0.15) is 0 Å². The van der Waals surface area contributed by atoms with E-state index in [9.17, 15) is 0 Å². The number of nitrogens with two attached hydrogens (primary N) is 1. The molecule has 15 heavy (non-hydrogen) atoms. The third kappa shape index (κ3) is 3.37. The van der Waals surface area contributed by atoms with Crippen molar-refractivity contribution in [3.8, 4) is 0 Å². The molecule has 0 radical (unpaired) electrons. The smallest absolute Gasteiger partial charge is 0.0456 e. The summed E-state index contributed by atoms with van der Waals surface area (Å²) in [7, 11) is 0. The molecule has 0 saturated carbocycles. The lowest BCUT2D eigenvalue weighted by atomic mass is 9.81. The lowest BCUT2D eigenvalue weighted by Crippen LogP contribution is -2.27. The fourth-order valence-electron chi connectivity index (χ4n) is 1.47. The Morgan fingerprint density at radius 3 is 2.20 bits per heavy atom. The van der Waals surface area contributed by atoms with Gasteiger partial charge in [0.15, 0.2) is 0 Å². The van der Waals surface area contributed by atoms with Crippen molar-refractivity contribution >= 4 is 24.0 Å². The van der Waals surface area contributed by atoms with Gasteiger partial charge in [0, 0.05) is 11.1 Å². The summed E-state index contributed by atoms with van der Waals surface area (Å²) in [6.07, 6.45) is 0. The van der Waals surface area contributed by atoms with E-state index >= 15 is 0 Å². The van der Waals surface area contributed by atoms with Gasteiger partial charge >= 0.3 is 0 Å². The minimum Gasteiger partial charge on any atom is -0.323 e. The number of halogens is 2. The van der Waals surface area contributed by atoms with E-state index in [0.717, 1.165) is 10.6 Å². The minimum absolute atomic E-state index is 0. The summed E-state index contributed by atoms with van der Waals surface area (Å²) >= 11 is 6.15. The van der Waals surface area contributed by atoms with E-state index in [1.165, 1.54) is 5.56 Å². The maximum absolute atomic E-state index is 6.19. The van der Waals surface area contributed by atoms with Gasteiger partial charge in [0.2, 0.25) is 0 Å². The molecule has 1 aromatic rings. The molecular formula is C12H19Cl2N. The van der Waals surface area contributed by atoms with E-state index in [4.69, 9.17) is 17.3 Å². The second kappa shape index (κ2) is 5.20. The fraction of sp³-hybridized carbons (Fsp3) is 0.500. The molecule has 1 atom stereocenters. The van der Waals surface area contributed by atoms with Gasteiger partial charge < -0.3 is 5.73 Å². The van der Waals surface area contributed by atoms with E-state index in [2.05, 4.69) is 20.8 Å². The summed E-state index contributed by atoms with van der Waals surface area (Å²) in [5, 5.41) is 0.771. The van der Waals surface area contributed by atoms with Crippen molar-refractivity contribution in [1.29, 1.82) is 0 Å². The molecule has 0 amide bonds. The van der Waals surface area contributed by atoms with Crippen molar-refractivity contribution in [2.45, 2.75) is 33.7 Å². The zero-order chi connectivity index (χ0) is 10.9. The van der Waals surface area contributed by atoms with Crippen LogP contribution in [0.3, 0.4) is 0 Å². The predicted octanol–water partition coefficient (Wildman–Crippen LogP) is 4.12. The average molecular weight is 248 g/mol. The molecule has 0 bridgehead atoms. The zero-order valence-electron chi connectivity index (χ0n) is 9.67. The van der Waals surface area contributed by atoms with Crippen LogP contribution in [0.25, 0.3) is 0 Å². The highest BCUT2D eigenvalue weighted by Gasteiger charge is 2.25. The first-order valence-corrected chi connectivity index (χ1v) is 5.22. The van der Waals surface area contributed by atoms with Crippen molar-refractivity contribution in [1.82, 2.24) is 0 Å². The van der Waals surface area contributed by atoms with Gasteiger partial charge in [0.1, 0.15) is 0 Å². The number of rotatable bonds is 1. The van der Waals surface area contributed by atoms with Crippen LogP contribution in [0.15, 0.2) is 18.2 Å². The van der Waals surface area contributed by atoms with E-state index in [-0.39, 0.29) is 23.9 Å². The van der Waals surface area contributed by atoms with E-state index < -0.39 is 0 Å². The summed E-state index contributed by atoms with van der Waals surface area (Å²) < 4.78 is 0. The Balaban J connectivity index is 0.00000196. The van der Waals surface area contributed by atoms with Crippen molar-refractivity contribution in [2.24, 2.45) is 11.1 Å². The largest absolute Gasteiger partial charge is 0.323 e. The van der Waals surface area contributed by atoms with E-state index in [1.807, 2.05) is 25.1 Å². The first-order chi connectivity index (χ1) is 6.34. The van der Waals surface area contributed by atoms with E-state index in [1.54, 1.807) is 0 Å². The Labute approximate surface area is 103 Å². The average Bonchev–Trinajstić information content (AvgIpc) is 2.01. The van der Waals surface area contributed by atoms with Gasteiger partial charge in [-0.3, -0.25) is 0 Å². The lowest BCUT2D eigenvalue weighted by Gasteiger charge is -2.29. The van der Waals surface area contributed by atoms with Gasteiger partial charge in [-0.25, -0.2) is 0 Å². The number of hydrogen-bond acceptors (Lipinski definition) is 1. The highest BCUT2D eigenvalue weighted by atomic mass is 35.5. The molecule has 0 aliphatic carbocycles. The fourth-order valence-corrected chi connectivity index (χ4v) is 1.81. The van der Waals surface area contributed by atoms with Crippen molar-refractivity contribution < 1.29 is 0 Å². The zero-order valence-corrected chi connectivity index (χ0v) is 11.2. The Kier molecular flexibility index (Phi) is 5.12. The first-order valence-electron chi connectivity index (χ1n) is 4.84. The summed E-state index contributed by atoms with van der Waals surface area (Å²) in [4.78, 5) is 0. The van der Waals surface area contributed by atoms with Crippen LogP contribution in [0.1, 0.15) is 37.9 Å². The molecule has 0 saturated heterocycles. The molecule has 0 spiro atoms. The van der Waals surface area contributed by atoms with Gasteiger partial charge in [0.25, 0.3) is 0 Å². The van der Waals surface area contributed by atoms with Crippen LogP contribution >= 0.6 is 24.0 Å². The van der Waals surface area contributed by atoms with Crippen molar-refractivity contribution in [2.75, 3.05) is 0 Å². The molecule has 0 aliphatic heterocycles. The maximum Gasteiger partial charge on any atom is 0.0456 e. The Morgan fingerprint density at radius 1 is 1.27 bits per heavy atom. The molecule has 2 N–H and O–H groups in total. The van der Waals surface area contributed by atoms with Gasteiger partial charge in [0.05, 0.1) is 0 Å². The monoisotopic (exact) mass is 247 g/mol. The Bertz CT molecular complexity index is 309. The summed E-state index contributed by atoms with van der Waals surface area (Å²) in [6.45, 7) is 8.42. The van der Waals surface area contributed by atoms with Crippen LogP contribution in [0.5, 0.6) is 0 Å². The summed E-state index contributed by atoms with van der Waals surface area (Å²) in [5.41, 5.74) is 8.46. The number of hydrogen-bond donors (Lipinski definition) is 1. The molecular weight excluding hydrogens is 229 g/mol. The quantitative estimate of drug-likeness (QED) is 0.794. The molecule has 0 unspecified atom stereocenters. The number of benzene rings is 1. The van der Waals surface area contributed by atoms with Gasteiger partial charge in [-0.15, -0.1) is 12.4 Å². The van der Waals surface area contributed by atoms with Crippen LogP contribution in [-0.4, -0.2) is 0 Å². The molecule has 86 valence electrons. The SMILES string of the molecule is Cc1cccc(Cl)c1[C@H](N)C(C)(C)C.Cl. The molecule has 0 aromatic heterocycles. The molecule has 1 aromatic carbocycles. The van der Waals surface area contributed by atoms with Gasteiger partial charge in [-0.05, 0) is 29.5 Å². The normalized spacial score (nSPS) is 13.2. The predicted molar refractivity (Wildman–Crippen MR) is 69.8 cm³/mol. The van der Waals surface area contributed by atoms with Gasteiger partial charge in [-0.1, -0.05) is 44.5 Å². The first kappa shape index (κ1) is 14.8. The van der Waals surface area contributed by atoms with Crippen LogP contribution in [0, 0.1) is 12.3 Å². The molecule has 0 fully saturated rings. The lowest BCUT2D eigenvalue weighted by molar-refractivity contribution is 0.326. The maximum atomic E-state index is 6.19. The molecule has 0 aliphatic rings. The molecule has 0 heterocycles. The molecule has 3 heteroatoms. The molecule has 1 rings (SSSR count). The van der Waals surface area contributed by atoms with Crippen LogP contribution < -0.4 is 5.73 Å².